The van der Waals surface area contributed by atoms with Crippen LogP contribution in [0.2, 0.25) is 0 Å². The van der Waals surface area contributed by atoms with Crippen molar-refractivity contribution in [2.45, 2.75) is 38.0 Å². The summed E-state index contributed by atoms with van der Waals surface area (Å²) in [5, 5.41) is 3.39. The molecule has 2 atom stereocenters. The molecule has 1 fully saturated rings. The Morgan fingerprint density at radius 1 is 1.56 bits per heavy atom. The zero-order valence-electron chi connectivity index (χ0n) is 10.9. The minimum atomic E-state index is 0.0224. The molecule has 3 heteroatoms. The van der Waals surface area contributed by atoms with Crippen molar-refractivity contribution in [2.24, 2.45) is 5.92 Å². The molecule has 3 rings (SSSR count). The van der Waals surface area contributed by atoms with Gasteiger partial charge in [-0.2, -0.15) is 0 Å². The van der Waals surface area contributed by atoms with Crippen molar-refractivity contribution >= 4 is 6.29 Å². The molecule has 1 aromatic rings. The number of hydrogen-bond donors (Lipinski definition) is 1. The first kappa shape index (κ1) is 11.8. The maximum Gasteiger partial charge on any atom is 0.125 e. The molecule has 0 radical (unpaired) electrons. The first-order valence-corrected chi connectivity index (χ1v) is 6.95. The monoisotopic (exact) mass is 244 g/mol. The fraction of sp³-hybridized carbons (Fsp3) is 0.600. The van der Waals surface area contributed by atoms with Gasteiger partial charge >= 0.3 is 0 Å². The van der Waals surface area contributed by atoms with Crippen molar-refractivity contribution in [3.63, 3.8) is 0 Å². The number of carbonyl (C=O) groups is 1. The van der Waals surface area contributed by atoms with E-state index in [1.807, 2.05) is 0 Å². The van der Waals surface area contributed by atoms with Gasteiger partial charge in [-0.1, -0.05) is 13.0 Å². The van der Waals surface area contributed by atoms with Gasteiger partial charge in [-0.15, -0.1) is 0 Å². The molecule has 0 bridgehead atoms. The summed E-state index contributed by atoms with van der Waals surface area (Å²) in [5.74, 6) is 0.117. The summed E-state index contributed by atoms with van der Waals surface area (Å²) in [6.07, 6.45) is 5.46. The van der Waals surface area contributed by atoms with Gasteiger partial charge in [0.05, 0.1) is 0 Å². The fourth-order valence-electron chi connectivity index (χ4n) is 3.62. The lowest BCUT2D eigenvalue weighted by Crippen LogP contribution is -2.39. The minimum absolute atomic E-state index is 0.0224. The Bertz CT molecular complexity index is 472. The van der Waals surface area contributed by atoms with Crippen LogP contribution in [-0.4, -0.2) is 24.4 Å². The molecule has 1 aromatic heterocycles. The molecule has 1 aliphatic carbocycles. The van der Waals surface area contributed by atoms with Crippen molar-refractivity contribution < 1.29 is 4.79 Å². The van der Waals surface area contributed by atoms with Crippen molar-refractivity contribution in [3.8, 4) is 0 Å². The molecule has 0 amide bonds. The zero-order valence-corrected chi connectivity index (χ0v) is 10.9. The number of nitrogens with zero attached hydrogens (tertiary/aromatic N) is 1. The molecule has 0 saturated carbocycles. The van der Waals surface area contributed by atoms with Gasteiger partial charge in [-0.3, -0.25) is 4.98 Å². The van der Waals surface area contributed by atoms with E-state index in [0.717, 1.165) is 45.1 Å². The largest absolute Gasteiger partial charge is 0.315 e. The van der Waals surface area contributed by atoms with Crippen LogP contribution in [0, 0.1) is 5.92 Å². The van der Waals surface area contributed by atoms with Crippen LogP contribution in [0.1, 0.15) is 36.7 Å². The third-order valence-electron chi connectivity index (χ3n) is 4.65. The van der Waals surface area contributed by atoms with Crippen molar-refractivity contribution in [2.75, 3.05) is 13.1 Å². The van der Waals surface area contributed by atoms with Gasteiger partial charge in [0.15, 0.2) is 0 Å². The van der Waals surface area contributed by atoms with Crippen LogP contribution >= 0.6 is 0 Å². The zero-order chi connectivity index (χ0) is 12.6. The van der Waals surface area contributed by atoms with E-state index in [1.165, 1.54) is 17.0 Å². The number of pyridine rings is 1. The molecule has 1 saturated heterocycles. The van der Waals surface area contributed by atoms with Crippen molar-refractivity contribution in [1.29, 1.82) is 0 Å². The van der Waals surface area contributed by atoms with Gasteiger partial charge in [0.1, 0.15) is 6.29 Å². The van der Waals surface area contributed by atoms with E-state index in [0.29, 0.717) is 0 Å². The maximum absolute atomic E-state index is 11.4. The Balaban J connectivity index is 2.09. The van der Waals surface area contributed by atoms with Crippen molar-refractivity contribution in [3.05, 3.63) is 29.1 Å². The van der Waals surface area contributed by atoms with Crippen LogP contribution in [0.3, 0.4) is 0 Å². The number of aldehydes is 1. The third kappa shape index (κ3) is 1.61. The van der Waals surface area contributed by atoms with Crippen LogP contribution in [-0.2, 0) is 23.1 Å². The van der Waals surface area contributed by atoms with E-state index >= 15 is 0 Å². The Kier molecular flexibility index (Phi) is 2.94. The summed E-state index contributed by atoms with van der Waals surface area (Å²) in [4.78, 5) is 16.1. The lowest BCUT2D eigenvalue weighted by Gasteiger charge is -2.37. The summed E-state index contributed by atoms with van der Waals surface area (Å²) >= 11 is 0. The van der Waals surface area contributed by atoms with Crippen molar-refractivity contribution in [1.82, 2.24) is 10.3 Å². The summed E-state index contributed by atoms with van der Waals surface area (Å²) in [7, 11) is 0. The molecule has 96 valence electrons. The standard InChI is InChI=1S/C15H20N2O/c1-2-12-5-6-13-14(17-12)4-3-7-15(13)10-16-8-11(15)9-18/h5-6,9,11,16H,2-4,7-8,10H2,1H3/t11-,15+/m0/s1. The molecule has 3 nitrogen and oxygen atoms in total. The number of aromatic nitrogens is 1. The number of aryl methyl sites for hydroxylation is 2. The average Bonchev–Trinajstić information content (AvgIpc) is 2.82. The first-order valence-electron chi connectivity index (χ1n) is 6.95. The van der Waals surface area contributed by atoms with Gasteiger partial charge in [0.2, 0.25) is 0 Å². The van der Waals surface area contributed by atoms with E-state index in [1.54, 1.807) is 0 Å². The van der Waals surface area contributed by atoms with Gasteiger partial charge in [0.25, 0.3) is 0 Å². The van der Waals surface area contributed by atoms with E-state index in [2.05, 4.69) is 24.4 Å². The van der Waals surface area contributed by atoms with Gasteiger partial charge in [-0.05, 0) is 37.3 Å². The number of fused-ring (bicyclic) bond motifs is 2. The SMILES string of the molecule is CCc1ccc2c(n1)CCC[C@]21CNC[C@H]1C=O. The second kappa shape index (κ2) is 4.47. The van der Waals surface area contributed by atoms with Crippen LogP contribution < -0.4 is 5.32 Å². The molecule has 1 N–H and O–H groups in total. The average molecular weight is 244 g/mol. The maximum atomic E-state index is 11.4. The molecular formula is C15H20N2O. The van der Waals surface area contributed by atoms with Gasteiger partial charge in [-0.25, -0.2) is 0 Å². The topological polar surface area (TPSA) is 42.0 Å². The molecular weight excluding hydrogens is 224 g/mol. The molecule has 18 heavy (non-hydrogen) atoms. The Morgan fingerprint density at radius 3 is 3.22 bits per heavy atom. The molecule has 1 spiro atoms. The molecule has 1 aliphatic heterocycles. The Hall–Kier alpha value is -1.22. The summed E-state index contributed by atoms with van der Waals surface area (Å²) in [6, 6.07) is 4.36. The number of hydrogen-bond acceptors (Lipinski definition) is 3. The number of carbonyl (C=O) groups excluding carboxylic acids is 1. The van der Waals surface area contributed by atoms with E-state index < -0.39 is 0 Å². The normalized spacial score (nSPS) is 30.4. The highest BCUT2D eigenvalue weighted by Crippen LogP contribution is 2.43. The van der Waals surface area contributed by atoms with E-state index in [4.69, 9.17) is 4.98 Å². The quantitative estimate of drug-likeness (QED) is 0.804. The Morgan fingerprint density at radius 2 is 2.44 bits per heavy atom. The summed E-state index contributed by atoms with van der Waals surface area (Å²) in [6.45, 7) is 3.88. The predicted octanol–water partition coefficient (Wildman–Crippen LogP) is 1.64. The highest BCUT2D eigenvalue weighted by atomic mass is 16.1. The van der Waals surface area contributed by atoms with Gasteiger partial charge < -0.3 is 10.1 Å². The van der Waals surface area contributed by atoms with E-state index in [9.17, 15) is 4.79 Å². The number of rotatable bonds is 2. The fourth-order valence-corrected chi connectivity index (χ4v) is 3.62. The van der Waals surface area contributed by atoms with Crippen LogP contribution in [0.25, 0.3) is 0 Å². The molecule has 0 unspecified atom stereocenters. The lowest BCUT2D eigenvalue weighted by atomic mass is 9.66. The van der Waals surface area contributed by atoms with Crippen LogP contribution in [0.5, 0.6) is 0 Å². The lowest BCUT2D eigenvalue weighted by molar-refractivity contribution is -0.112. The second-order valence-corrected chi connectivity index (χ2v) is 5.53. The Labute approximate surface area is 108 Å². The highest BCUT2D eigenvalue weighted by Gasteiger charge is 2.46. The smallest absolute Gasteiger partial charge is 0.125 e. The van der Waals surface area contributed by atoms with Crippen LogP contribution in [0.15, 0.2) is 12.1 Å². The van der Waals surface area contributed by atoms with Crippen LogP contribution in [0.4, 0.5) is 0 Å². The number of nitrogens with one attached hydrogen (secondary N) is 1. The second-order valence-electron chi connectivity index (χ2n) is 5.53. The first-order chi connectivity index (χ1) is 8.80. The molecule has 0 aromatic carbocycles. The third-order valence-corrected chi connectivity index (χ3v) is 4.65. The van der Waals surface area contributed by atoms with E-state index in [-0.39, 0.29) is 11.3 Å². The highest BCUT2D eigenvalue weighted by molar-refractivity contribution is 5.60. The minimum Gasteiger partial charge on any atom is -0.315 e. The van der Waals surface area contributed by atoms with Gasteiger partial charge in [0, 0.05) is 35.8 Å². The summed E-state index contributed by atoms with van der Waals surface area (Å²) < 4.78 is 0. The molecule has 2 heterocycles. The summed E-state index contributed by atoms with van der Waals surface area (Å²) in [5.41, 5.74) is 3.75. The predicted molar refractivity (Wildman–Crippen MR) is 70.7 cm³/mol. The molecule has 2 aliphatic rings.